The quantitative estimate of drug-likeness (QED) is 0.613. The Labute approximate surface area is 188 Å². The second-order valence-electron chi connectivity index (χ2n) is 8.29. The Morgan fingerprint density at radius 2 is 2.00 bits per heavy atom. The van der Waals surface area contributed by atoms with Crippen LogP contribution < -0.4 is 20.9 Å². The maximum atomic E-state index is 13.1. The van der Waals surface area contributed by atoms with Crippen LogP contribution in [0, 0.1) is 5.92 Å². The number of pyridine rings is 1. The van der Waals surface area contributed by atoms with Gasteiger partial charge in [0, 0.05) is 43.6 Å². The molecule has 0 bridgehead atoms. The Kier molecular flexibility index (Phi) is 7.34. The van der Waals surface area contributed by atoms with Crippen LogP contribution in [0.15, 0.2) is 48.8 Å². The number of nitrogens with one attached hydrogen (secondary N) is 3. The highest BCUT2D eigenvalue weighted by Gasteiger charge is 2.36. The van der Waals surface area contributed by atoms with Crippen molar-refractivity contribution in [1.29, 1.82) is 0 Å². The lowest BCUT2D eigenvalue weighted by Crippen LogP contribution is -2.51. The van der Waals surface area contributed by atoms with Crippen LogP contribution in [0.25, 0.3) is 0 Å². The van der Waals surface area contributed by atoms with E-state index < -0.39 is 0 Å². The Bertz CT molecular complexity index is 923. The van der Waals surface area contributed by atoms with Gasteiger partial charge in [-0.15, -0.1) is 0 Å². The van der Waals surface area contributed by atoms with E-state index in [4.69, 9.17) is 4.74 Å². The third-order valence-electron chi connectivity index (χ3n) is 6.14. The van der Waals surface area contributed by atoms with Gasteiger partial charge in [0.25, 0.3) is 0 Å². The predicted molar refractivity (Wildman–Crippen MR) is 120 cm³/mol. The molecule has 170 valence electrons. The number of benzene rings is 1. The average Bonchev–Trinajstić information content (AvgIpc) is 3.34. The molecule has 32 heavy (non-hydrogen) atoms. The Balaban J connectivity index is 1.30. The molecule has 2 amide bonds. The summed E-state index contributed by atoms with van der Waals surface area (Å²) in [5.74, 6) is 0.630. The molecule has 0 radical (unpaired) electrons. The van der Waals surface area contributed by atoms with Crippen molar-refractivity contribution in [3.05, 3.63) is 59.9 Å². The van der Waals surface area contributed by atoms with E-state index in [0.717, 1.165) is 29.7 Å². The number of likely N-dealkylation sites (tertiary alicyclic amines) is 1. The van der Waals surface area contributed by atoms with Gasteiger partial charge in [0.05, 0.1) is 12.5 Å². The lowest BCUT2D eigenvalue weighted by atomic mass is 9.95. The smallest absolute Gasteiger partial charge is 0.241 e. The van der Waals surface area contributed by atoms with Crippen LogP contribution in [0.3, 0.4) is 0 Å². The highest BCUT2D eigenvalue weighted by molar-refractivity contribution is 5.84. The van der Waals surface area contributed by atoms with Crippen LogP contribution in [0.2, 0.25) is 0 Å². The zero-order valence-corrected chi connectivity index (χ0v) is 18.4. The van der Waals surface area contributed by atoms with Gasteiger partial charge in [0.2, 0.25) is 11.8 Å². The number of aromatic nitrogens is 1. The van der Waals surface area contributed by atoms with Gasteiger partial charge in [0.15, 0.2) is 0 Å². The van der Waals surface area contributed by atoms with Crippen molar-refractivity contribution in [2.45, 2.75) is 44.8 Å². The summed E-state index contributed by atoms with van der Waals surface area (Å²) in [5, 5.41) is 3.03. The first kappa shape index (κ1) is 22.2. The van der Waals surface area contributed by atoms with Crippen molar-refractivity contribution in [1.82, 2.24) is 26.1 Å². The summed E-state index contributed by atoms with van der Waals surface area (Å²) in [4.78, 5) is 31.8. The average molecular weight is 438 g/mol. The number of hydrogen-bond acceptors (Lipinski definition) is 6. The molecule has 0 aliphatic carbocycles. The van der Waals surface area contributed by atoms with Crippen LogP contribution in [0.1, 0.15) is 43.4 Å². The van der Waals surface area contributed by atoms with Crippen molar-refractivity contribution in [2.75, 3.05) is 19.7 Å². The number of carbonyl (C=O) groups is 2. The third kappa shape index (κ3) is 5.26. The highest BCUT2D eigenvalue weighted by atomic mass is 16.5. The standard InChI is InChI=1S/C24H31N5O3/c1-2-32-22-8-4-3-6-18(22)15-26-23(30)19-7-5-13-29(16-19)24(31)21-14-20(27-28-21)17-9-11-25-12-10-17/h3-4,6,8-12,19-21,27-28H,2,5,7,13-16H2,1H3,(H,26,30). The van der Waals surface area contributed by atoms with E-state index in [-0.39, 0.29) is 29.8 Å². The molecule has 2 saturated heterocycles. The summed E-state index contributed by atoms with van der Waals surface area (Å²) in [6.07, 6.45) is 5.80. The molecule has 2 aliphatic heterocycles. The zero-order chi connectivity index (χ0) is 22.3. The Hall–Kier alpha value is -2.97. The molecule has 3 heterocycles. The summed E-state index contributed by atoms with van der Waals surface area (Å²) in [5.41, 5.74) is 8.41. The fourth-order valence-corrected chi connectivity index (χ4v) is 4.42. The SMILES string of the molecule is CCOc1ccccc1CNC(=O)C1CCCN(C(=O)C2CC(c3ccncc3)NN2)C1. The molecule has 1 aromatic carbocycles. The molecule has 3 unspecified atom stereocenters. The number of hydrogen-bond donors (Lipinski definition) is 3. The van der Waals surface area contributed by atoms with Gasteiger partial charge in [-0.05, 0) is 49.9 Å². The van der Waals surface area contributed by atoms with E-state index in [1.807, 2.05) is 48.2 Å². The molecule has 3 N–H and O–H groups in total. The second kappa shape index (κ2) is 10.6. The van der Waals surface area contributed by atoms with E-state index in [0.29, 0.717) is 32.7 Å². The minimum absolute atomic E-state index is 0.0130. The topological polar surface area (TPSA) is 95.6 Å². The van der Waals surface area contributed by atoms with Gasteiger partial charge in [-0.1, -0.05) is 18.2 Å². The van der Waals surface area contributed by atoms with Crippen molar-refractivity contribution in [3.8, 4) is 5.75 Å². The van der Waals surface area contributed by atoms with Crippen LogP contribution in [-0.4, -0.2) is 47.4 Å². The molecule has 8 heteroatoms. The first-order chi connectivity index (χ1) is 15.7. The number of rotatable bonds is 7. The molecule has 1 aromatic heterocycles. The van der Waals surface area contributed by atoms with E-state index in [9.17, 15) is 9.59 Å². The normalized spacial score (nSPS) is 23.0. The number of carbonyl (C=O) groups excluding carboxylic acids is 2. The molecular formula is C24H31N5O3. The fourth-order valence-electron chi connectivity index (χ4n) is 4.42. The van der Waals surface area contributed by atoms with Gasteiger partial charge in [-0.3, -0.25) is 14.6 Å². The third-order valence-corrected chi connectivity index (χ3v) is 6.14. The maximum Gasteiger partial charge on any atom is 0.241 e. The minimum atomic E-state index is -0.298. The van der Waals surface area contributed by atoms with Gasteiger partial charge < -0.3 is 15.0 Å². The molecule has 2 fully saturated rings. The predicted octanol–water partition coefficient (Wildman–Crippen LogP) is 1.94. The summed E-state index contributed by atoms with van der Waals surface area (Å²) in [6, 6.07) is 11.4. The van der Waals surface area contributed by atoms with Gasteiger partial charge in [0.1, 0.15) is 11.8 Å². The van der Waals surface area contributed by atoms with E-state index in [1.54, 1.807) is 12.4 Å². The Morgan fingerprint density at radius 1 is 1.19 bits per heavy atom. The monoisotopic (exact) mass is 437 g/mol. The molecule has 8 nitrogen and oxygen atoms in total. The van der Waals surface area contributed by atoms with Crippen LogP contribution >= 0.6 is 0 Å². The van der Waals surface area contributed by atoms with Crippen molar-refractivity contribution in [3.63, 3.8) is 0 Å². The first-order valence-corrected chi connectivity index (χ1v) is 11.3. The van der Waals surface area contributed by atoms with E-state index in [2.05, 4.69) is 21.2 Å². The maximum absolute atomic E-state index is 13.1. The largest absolute Gasteiger partial charge is 0.494 e. The Morgan fingerprint density at radius 3 is 2.81 bits per heavy atom. The first-order valence-electron chi connectivity index (χ1n) is 11.3. The summed E-state index contributed by atoms with van der Waals surface area (Å²) < 4.78 is 5.64. The zero-order valence-electron chi connectivity index (χ0n) is 18.4. The lowest BCUT2D eigenvalue weighted by molar-refractivity contribution is -0.137. The van der Waals surface area contributed by atoms with Gasteiger partial charge in [-0.25, -0.2) is 10.9 Å². The highest BCUT2D eigenvalue weighted by Crippen LogP contribution is 2.25. The van der Waals surface area contributed by atoms with Crippen LogP contribution in [-0.2, 0) is 16.1 Å². The lowest BCUT2D eigenvalue weighted by Gasteiger charge is -2.33. The van der Waals surface area contributed by atoms with Crippen molar-refractivity contribution in [2.24, 2.45) is 5.92 Å². The molecule has 0 saturated carbocycles. The fraction of sp³-hybridized carbons (Fsp3) is 0.458. The number of ether oxygens (including phenoxy) is 1. The molecular weight excluding hydrogens is 406 g/mol. The number of nitrogens with zero attached hydrogens (tertiary/aromatic N) is 2. The second-order valence-corrected chi connectivity index (χ2v) is 8.29. The van der Waals surface area contributed by atoms with Crippen LogP contribution in [0.4, 0.5) is 0 Å². The van der Waals surface area contributed by atoms with Gasteiger partial charge in [-0.2, -0.15) is 0 Å². The molecule has 3 atom stereocenters. The molecule has 2 aliphatic rings. The van der Waals surface area contributed by atoms with Crippen molar-refractivity contribution < 1.29 is 14.3 Å². The van der Waals surface area contributed by atoms with E-state index in [1.165, 1.54) is 0 Å². The van der Waals surface area contributed by atoms with Crippen LogP contribution in [0.5, 0.6) is 5.75 Å². The molecule has 2 aromatic rings. The molecule has 0 spiro atoms. The summed E-state index contributed by atoms with van der Waals surface area (Å²) in [6.45, 7) is 4.08. The molecule has 4 rings (SSSR count). The number of hydrazine groups is 1. The van der Waals surface area contributed by atoms with Crippen molar-refractivity contribution >= 4 is 11.8 Å². The van der Waals surface area contributed by atoms with E-state index >= 15 is 0 Å². The number of amides is 2. The summed E-state index contributed by atoms with van der Waals surface area (Å²) in [7, 11) is 0. The van der Waals surface area contributed by atoms with Gasteiger partial charge >= 0.3 is 0 Å². The minimum Gasteiger partial charge on any atom is -0.494 e. The summed E-state index contributed by atoms with van der Waals surface area (Å²) >= 11 is 0. The number of para-hydroxylation sites is 1. The number of piperidine rings is 1.